The van der Waals surface area contributed by atoms with Crippen molar-refractivity contribution in [1.82, 2.24) is 24.2 Å². The van der Waals surface area contributed by atoms with Gasteiger partial charge < -0.3 is 15.7 Å². The maximum atomic E-state index is 13.7. The third-order valence-electron chi connectivity index (χ3n) is 6.61. The molecule has 1 fully saturated rings. The number of nitrogens with two attached hydrogens (primary N) is 1. The molecule has 12 heteroatoms. The third kappa shape index (κ3) is 5.68. The van der Waals surface area contributed by atoms with Crippen LogP contribution in [0.3, 0.4) is 0 Å². The number of hydrogen-bond acceptors (Lipinski definition) is 6. The average molecular weight is 517 g/mol. The monoisotopic (exact) mass is 516 g/mol. The number of benzene rings is 1. The minimum atomic E-state index is -4.57. The van der Waals surface area contributed by atoms with Crippen molar-refractivity contribution < 1.29 is 23.1 Å². The summed E-state index contributed by atoms with van der Waals surface area (Å²) >= 11 is 0. The van der Waals surface area contributed by atoms with Crippen molar-refractivity contribution in [3.8, 4) is 11.8 Å². The van der Waals surface area contributed by atoms with E-state index in [0.29, 0.717) is 11.2 Å². The highest BCUT2D eigenvalue weighted by Crippen LogP contribution is 2.38. The quantitative estimate of drug-likeness (QED) is 0.497. The Labute approximate surface area is 210 Å². The van der Waals surface area contributed by atoms with Crippen LogP contribution in [0.1, 0.15) is 36.4 Å². The second kappa shape index (κ2) is 10.4. The minimum absolute atomic E-state index is 0.0332. The lowest BCUT2D eigenvalue weighted by molar-refractivity contribution is -0.162. The van der Waals surface area contributed by atoms with Crippen LogP contribution < -0.4 is 11.3 Å². The largest absolute Gasteiger partial charge is 0.396 e. The number of carbonyl (C=O) groups is 1. The zero-order valence-corrected chi connectivity index (χ0v) is 20.2. The fraction of sp³-hybridized carbons (Fsp3) is 0.440. The van der Waals surface area contributed by atoms with E-state index in [0.717, 1.165) is 0 Å². The Morgan fingerprint density at radius 3 is 2.51 bits per heavy atom. The number of carbonyl (C=O) groups excluding carboxylic acids is 1. The second-order valence-electron chi connectivity index (χ2n) is 9.17. The van der Waals surface area contributed by atoms with E-state index < -0.39 is 35.6 Å². The molecule has 3 aromatic rings. The number of amides is 1. The molecule has 1 aliphatic heterocycles. The Hall–Kier alpha value is -3.69. The summed E-state index contributed by atoms with van der Waals surface area (Å²) in [5, 5.41) is 15.3. The van der Waals surface area contributed by atoms with Crippen LogP contribution in [-0.4, -0.2) is 66.7 Å². The van der Waals surface area contributed by atoms with Crippen LogP contribution in [0, 0.1) is 11.8 Å². The fourth-order valence-corrected chi connectivity index (χ4v) is 4.54. The molecule has 1 saturated heterocycles. The SMILES string of the molecule is Cn1nc2c(=O)n(CC3(O)CCN(C(=O)CC(c4ccccc4)C(F)(F)F)CC3)cnc2c1C#CCN. The summed E-state index contributed by atoms with van der Waals surface area (Å²) in [4.78, 5) is 31.4. The lowest BCUT2D eigenvalue weighted by Gasteiger charge is -2.39. The van der Waals surface area contributed by atoms with Crippen LogP contribution in [0.4, 0.5) is 13.2 Å². The van der Waals surface area contributed by atoms with Crippen LogP contribution in [0.2, 0.25) is 0 Å². The number of nitrogens with zero attached hydrogens (tertiary/aromatic N) is 5. The van der Waals surface area contributed by atoms with Gasteiger partial charge in [0, 0.05) is 26.6 Å². The number of fused-ring (bicyclic) bond motifs is 1. The number of aryl methyl sites for hydroxylation is 1. The topological polar surface area (TPSA) is 119 Å². The molecule has 0 radical (unpaired) electrons. The van der Waals surface area contributed by atoms with Gasteiger partial charge in [0.05, 0.1) is 30.9 Å². The average Bonchev–Trinajstić information content (AvgIpc) is 3.18. The molecule has 2 aromatic heterocycles. The van der Waals surface area contributed by atoms with E-state index in [1.165, 1.54) is 44.7 Å². The first-order valence-electron chi connectivity index (χ1n) is 11.8. The lowest BCUT2D eigenvalue weighted by atomic mass is 9.90. The molecule has 1 atom stereocenters. The first-order valence-corrected chi connectivity index (χ1v) is 11.8. The Balaban J connectivity index is 1.45. The third-order valence-corrected chi connectivity index (χ3v) is 6.61. The first-order chi connectivity index (χ1) is 17.5. The molecule has 3 heterocycles. The van der Waals surface area contributed by atoms with E-state index in [2.05, 4.69) is 21.9 Å². The Morgan fingerprint density at radius 2 is 1.89 bits per heavy atom. The summed E-state index contributed by atoms with van der Waals surface area (Å²) in [6.07, 6.45) is -3.77. The van der Waals surface area contributed by atoms with Crippen LogP contribution in [0.15, 0.2) is 41.5 Å². The molecule has 1 unspecified atom stereocenters. The van der Waals surface area contributed by atoms with Crippen molar-refractivity contribution in [2.45, 2.75) is 43.5 Å². The zero-order valence-electron chi connectivity index (χ0n) is 20.2. The van der Waals surface area contributed by atoms with Gasteiger partial charge in [0.1, 0.15) is 11.2 Å². The minimum Gasteiger partial charge on any atom is -0.388 e. The fourth-order valence-electron chi connectivity index (χ4n) is 4.54. The number of piperidine rings is 1. The molecule has 9 nitrogen and oxygen atoms in total. The molecule has 0 bridgehead atoms. The van der Waals surface area contributed by atoms with Gasteiger partial charge in [-0.25, -0.2) is 4.98 Å². The van der Waals surface area contributed by atoms with Gasteiger partial charge in [0.25, 0.3) is 5.56 Å². The predicted octanol–water partition coefficient (Wildman–Crippen LogP) is 1.53. The van der Waals surface area contributed by atoms with Gasteiger partial charge in [0.15, 0.2) is 5.52 Å². The number of aliphatic hydroxyl groups is 1. The number of aromatic nitrogens is 4. The summed E-state index contributed by atoms with van der Waals surface area (Å²) in [7, 11) is 1.63. The van der Waals surface area contributed by atoms with Crippen molar-refractivity contribution in [3.05, 3.63) is 58.3 Å². The van der Waals surface area contributed by atoms with Gasteiger partial charge >= 0.3 is 6.18 Å². The maximum Gasteiger partial charge on any atom is 0.396 e. The van der Waals surface area contributed by atoms with E-state index in [1.807, 2.05) is 0 Å². The van der Waals surface area contributed by atoms with E-state index in [-0.39, 0.29) is 50.1 Å². The molecule has 0 spiro atoms. The number of rotatable bonds is 5. The maximum absolute atomic E-state index is 13.7. The normalized spacial score (nSPS) is 16.3. The number of alkyl halides is 3. The lowest BCUT2D eigenvalue weighted by Crippen LogP contribution is -2.50. The van der Waals surface area contributed by atoms with Crippen molar-refractivity contribution in [3.63, 3.8) is 0 Å². The summed E-state index contributed by atoms with van der Waals surface area (Å²) in [5.41, 5.74) is 4.53. The molecular formula is C25H27F3N6O3. The summed E-state index contributed by atoms with van der Waals surface area (Å²) in [6, 6.07) is 7.35. The predicted molar refractivity (Wildman–Crippen MR) is 129 cm³/mol. The molecule has 4 rings (SSSR count). The van der Waals surface area contributed by atoms with E-state index in [1.54, 1.807) is 13.1 Å². The highest BCUT2D eigenvalue weighted by Gasteiger charge is 2.43. The Morgan fingerprint density at radius 1 is 1.22 bits per heavy atom. The molecular weight excluding hydrogens is 489 g/mol. The Bertz CT molecular complexity index is 1400. The Kier molecular flexibility index (Phi) is 7.38. The molecule has 1 aliphatic rings. The van der Waals surface area contributed by atoms with E-state index in [4.69, 9.17) is 5.73 Å². The summed E-state index contributed by atoms with van der Waals surface area (Å²) in [5.74, 6) is 3.00. The molecule has 3 N–H and O–H groups in total. The van der Waals surface area contributed by atoms with Gasteiger partial charge in [-0.3, -0.25) is 18.8 Å². The van der Waals surface area contributed by atoms with Crippen LogP contribution in [0.5, 0.6) is 0 Å². The van der Waals surface area contributed by atoms with E-state index >= 15 is 0 Å². The van der Waals surface area contributed by atoms with Gasteiger partial charge in [0.2, 0.25) is 5.91 Å². The smallest absolute Gasteiger partial charge is 0.388 e. The standard InChI is InChI=1S/C25H27F3N6O3/c1-32-19(8-5-11-29)21-22(31-32)23(36)34(16-30-21)15-24(37)9-12-33(13-10-24)20(35)14-18(25(26,27)28)17-6-3-2-4-7-17/h2-4,6-7,16,18,37H,9-15,29H2,1H3. The first kappa shape index (κ1) is 26.4. The number of likely N-dealkylation sites (tertiary alicyclic amines) is 1. The van der Waals surface area contributed by atoms with Crippen molar-refractivity contribution in [2.24, 2.45) is 12.8 Å². The van der Waals surface area contributed by atoms with E-state index in [9.17, 15) is 27.9 Å². The van der Waals surface area contributed by atoms with Gasteiger partial charge in [-0.15, -0.1) is 0 Å². The van der Waals surface area contributed by atoms with Gasteiger partial charge in [-0.1, -0.05) is 36.3 Å². The van der Waals surface area contributed by atoms with Crippen molar-refractivity contribution >= 4 is 16.9 Å². The van der Waals surface area contributed by atoms with Gasteiger partial charge in [-0.2, -0.15) is 18.3 Å². The van der Waals surface area contributed by atoms with Crippen molar-refractivity contribution in [1.29, 1.82) is 0 Å². The molecule has 37 heavy (non-hydrogen) atoms. The molecule has 0 aliphatic carbocycles. The van der Waals surface area contributed by atoms with Gasteiger partial charge in [-0.05, 0) is 24.3 Å². The molecule has 196 valence electrons. The van der Waals surface area contributed by atoms with Crippen LogP contribution in [0.25, 0.3) is 11.0 Å². The van der Waals surface area contributed by atoms with Crippen LogP contribution in [-0.2, 0) is 18.4 Å². The zero-order chi connectivity index (χ0) is 26.8. The highest BCUT2D eigenvalue weighted by molar-refractivity contribution is 5.79. The number of hydrogen-bond donors (Lipinski definition) is 2. The molecule has 1 amide bonds. The number of halogens is 3. The summed E-state index contributed by atoms with van der Waals surface area (Å²) < 4.78 is 43.7. The molecule has 0 saturated carbocycles. The molecule has 1 aromatic carbocycles. The van der Waals surface area contributed by atoms with Crippen molar-refractivity contribution in [2.75, 3.05) is 19.6 Å². The highest BCUT2D eigenvalue weighted by atomic mass is 19.4. The second-order valence-corrected chi connectivity index (χ2v) is 9.17. The summed E-state index contributed by atoms with van der Waals surface area (Å²) in [6.45, 7) is 0.189. The van der Waals surface area contributed by atoms with Crippen LogP contribution >= 0.6 is 0 Å².